The van der Waals surface area contributed by atoms with E-state index in [1.807, 2.05) is 0 Å². The number of carbonyl (C=O) groups is 2. The largest absolute Gasteiger partial charge is 0.389 e. The number of hydrogen-bond donors (Lipinski definition) is 2. The first-order valence-electron chi connectivity index (χ1n) is 8.74. The number of likely N-dealkylation sites (tertiary alicyclic amines) is 1. The Morgan fingerprint density at radius 3 is 2.80 bits per heavy atom. The van der Waals surface area contributed by atoms with Crippen molar-refractivity contribution in [2.45, 2.75) is 37.8 Å². The summed E-state index contributed by atoms with van der Waals surface area (Å²) in [7, 11) is 1.60. The van der Waals surface area contributed by atoms with Gasteiger partial charge >= 0.3 is 0 Å². The van der Waals surface area contributed by atoms with Crippen molar-refractivity contribution in [1.29, 1.82) is 0 Å². The fourth-order valence-electron chi connectivity index (χ4n) is 3.57. The molecule has 1 aliphatic carbocycles. The van der Waals surface area contributed by atoms with Crippen LogP contribution in [0.2, 0.25) is 0 Å². The summed E-state index contributed by atoms with van der Waals surface area (Å²) in [4.78, 5) is 30.7. The lowest BCUT2D eigenvalue weighted by atomic mass is 9.68. The molecule has 2 fully saturated rings. The molecule has 136 valence electrons. The van der Waals surface area contributed by atoms with E-state index in [1.54, 1.807) is 36.4 Å². The van der Waals surface area contributed by atoms with Gasteiger partial charge in [-0.05, 0) is 31.4 Å². The lowest BCUT2D eigenvalue weighted by molar-refractivity contribution is -0.142. The number of aliphatic hydroxyl groups is 1. The Labute approximate surface area is 147 Å². The van der Waals surface area contributed by atoms with Gasteiger partial charge in [-0.2, -0.15) is 0 Å². The maximum atomic E-state index is 12.6. The molecule has 1 aliphatic heterocycles. The normalized spacial score (nSPS) is 25.1. The van der Waals surface area contributed by atoms with Gasteiger partial charge < -0.3 is 20.1 Å². The molecule has 1 aromatic heterocycles. The molecule has 7 nitrogen and oxygen atoms in total. The van der Waals surface area contributed by atoms with Gasteiger partial charge in [-0.3, -0.25) is 14.6 Å². The van der Waals surface area contributed by atoms with Gasteiger partial charge in [0.2, 0.25) is 5.91 Å². The maximum Gasteiger partial charge on any atom is 0.272 e. The number of nitrogens with one attached hydrogen (secondary N) is 1. The number of aromatic nitrogens is 1. The minimum Gasteiger partial charge on any atom is -0.389 e. The van der Waals surface area contributed by atoms with Crippen LogP contribution in [0.25, 0.3) is 0 Å². The molecule has 7 heteroatoms. The summed E-state index contributed by atoms with van der Waals surface area (Å²) in [6.07, 6.45) is 3.97. The van der Waals surface area contributed by atoms with Crippen molar-refractivity contribution in [2.24, 2.45) is 5.41 Å². The third-order valence-corrected chi connectivity index (χ3v) is 5.28. The molecule has 0 bridgehead atoms. The minimum absolute atomic E-state index is 0.0471. The first-order valence-corrected chi connectivity index (χ1v) is 8.74. The zero-order valence-corrected chi connectivity index (χ0v) is 14.5. The molecular weight excluding hydrogens is 322 g/mol. The topological polar surface area (TPSA) is 91.8 Å². The van der Waals surface area contributed by atoms with Gasteiger partial charge in [0, 0.05) is 26.4 Å². The standard InChI is InChI=1S/C18H25N3O4/c1-25-12-18(7-4-8-18)17(24)20-13-6-10-21(11-15(13)22)16(23)14-5-2-3-9-19-14/h2-3,5,9,13,15,22H,4,6-8,10-12H2,1H3,(H,20,24)/t13-,15-/m1/s1. The molecule has 1 saturated heterocycles. The van der Waals surface area contributed by atoms with Gasteiger partial charge in [0.15, 0.2) is 0 Å². The van der Waals surface area contributed by atoms with E-state index in [9.17, 15) is 14.7 Å². The zero-order valence-electron chi connectivity index (χ0n) is 14.5. The second-order valence-corrected chi connectivity index (χ2v) is 6.97. The van der Waals surface area contributed by atoms with Crippen molar-refractivity contribution >= 4 is 11.8 Å². The summed E-state index contributed by atoms with van der Waals surface area (Å²) in [6, 6.07) is 4.84. The molecule has 0 spiro atoms. The number of ether oxygens (including phenoxy) is 1. The molecule has 1 saturated carbocycles. The summed E-state index contributed by atoms with van der Waals surface area (Å²) < 4.78 is 5.20. The van der Waals surface area contributed by atoms with Crippen molar-refractivity contribution in [2.75, 3.05) is 26.8 Å². The van der Waals surface area contributed by atoms with Gasteiger partial charge in [0.05, 0.1) is 24.2 Å². The molecule has 2 amide bonds. The first kappa shape index (κ1) is 17.8. The average molecular weight is 347 g/mol. The van der Waals surface area contributed by atoms with Crippen molar-refractivity contribution in [3.8, 4) is 0 Å². The Morgan fingerprint density at radius 2 is 2.24 bits per heavy atom. The smallest absolute Gasteiger partial charge is 0.272 e. The first-order chi connectivity index (χ1) is 12.1. The van der Waals surface area contributed by atoms with Crippen molar-refractivity contribution in [1.82, 2.24) is 15.2 Å². The number of amides is 2. The lowest BCUT2D eigenvalue weighted by Crippen LogP contribution is -2.59. The van der Waals surface area contributed by atoms with Crippen LogP contribution in [0.3, 0.4) is 0 Å². The third kappa shape index (κ3) is 3.67. The molecule has 2 N–H and O–H groups in total. The number of β-amino-alcohol motifs (C(OH)–C–C–N with tert-alkyl or cyclic N) is 1. The maximum absolute atomic E-state index is 12.6. The number of hydrogen-bond acceptors (Lipinski definition) is 5. The van der Waals surface area contributed by atoms with E-state index in [0.717, 1.165) is 19.3 Å². The van der Waals surface area contributed by atoms with Crippen LogP contribution in [0.15, 0.2) is 24.4 Å². The van der Waals surface area contributed by atoms with Gasteiger partial charge in [0.25, 0.3) is 5.91 Å². The number of rotatable bonds is 5. The molecule has 2 aliphatic rings. The van der Waals surface area contributed by atoms with Crippen molar-refractivity contribution < 1.29 is 19.4 Å². The quantitative estimate of drug-likeness (QED) is 0.813. The summed E-state index contributed by atoms with van der Waals surface area (Å²) in [5, 5.41) is 13.4. The molecule has 25 heavy (non-hydrogen) atoms. The number of piperidine rings is 1. The van der Waals surface area contributed by atoms with E-state index >= 15 is 0 Å². The van der Waals surface area contributed by atoms with Crippen LogP contribution >= 0.6 is 0 Å². The van der Waals surface area contributed by atoms with Crippen LogP contribution in [0.1, 0.15) is 36.2 Å². The van der Waals surface area contributed by atoms with Gasteiger partial charge in [-0.15, -0.1) is 0 Å². The Bertz CT molecular complexity index is 618. The predicted molar refractivity (Wildman–Crippen MR) is 90.9 cm³/mol. The van der Waals surface area contributed by atoms with E-state index < -0.39 is 11.5 Å². The third-order valence-electron chi connectivity index (χ3n) is 5.28. The minimum atomic E-state index is -0.787. The van der Waals surface area contributed by atoms with E-state index in [4.69, 9.17) is 4.74 Å². The molecule has 2 heterocycles. The average Bonchev–Trinajstić information content (AvgIpc) is 2.59. The Kier molecular flexibility index (Phi) is 5.34. The fourth-order valence-corrected chi connectivity index (χ4v) is 3.57. The van der Waals surface area contributed by atoms with Gasteiger partial charge in [-0.25, -0.2) is 0 Å². The molecule has 3 rings (SSSR count). The number of nitrogens with zero attached hydrogens (tertiary/aromatic N) is 2. The highest BCUT2D eigenvalue weighted by molar-refractivity contribution is 5.92. The summed E-state index contributed by atoms with van der Waals surface area (Å²) >= 11 is 0. The SMILES string of the molecule is COCC1(C(=O)N[C@@H]2CCN(C(=O)c3ccccn3)C[C@H]2O)CCC1. The highest BCUT2D eigenvalue weighted by atomic mass is 16.5. The van der Waals surface area contributed by atoms with Crippen LogP contribution in [0.5, 0.6) is 0 Å². The molecule has 2 atom stereocenters. The van der Waals surface area contributed by atoms with Crippen LogP contribution in [-0.2, 0) is 9.53 Å². The number of aliphatic hydroxyl groups excluding tert-OH is 1. The van der Waals surface area contributed by atoms with E-state index in [-0.39, 0.29) is 24.4 Å². The monoisotopic (exact) mass is 347 g/mol. The Balaban J connectivity index is 1.57. The Hall–Kier alpha value is -1.99. The zero-order chi connectivity index (χ0) is 17.9. The van der Waals surface area contributed by atoms with Crippen LogP contribution in [-0.4, -0.2) is 65.8 Å². The molecule has 0 aromatic carbocycles. The van der Waals surface area contributed by atoms with Crippen molar-refractivity contribution in [3.63, 3.8) is 0 Å². The molecule has 1 aromatic rings. The molecule has 0 radical (unpaired) electrons. The number of methoxy groups -OCH3 is 1. The number of carbonyl (C=O) groups excluding carboxylic acids is 2. The fraction of sp³-hybridized carbons (Fsp3) is 0.611. The second-order valence-electron chi connectivity index (χ2n) is 6.97. The van der Waals surface area contributed by atoms with E-state index in [2.05, 4.69) is 10.3 Å². The van der Waals surface area contributed by atoms with E-state index in [0.29, 0.717) is 25.3 Å². The number of pyridine rings is 1. The molecule has 0 unspecified atom stereocenters. The van der Waals surface area contributed by atoms with Crippen molar-refractivity contribution in [3.05, 3.63) is 30.1 Å². The Morgan fingerprint density at radius 1 is 1.44 bits per heavy atom. The second kappa shape index (κ2) is 7.49. The van der Waals surface area contributed by atoms with E-state index in [1.165, 1.54) is 0 Å². The highest BCUT2D eigenvalue weighted by Gasteiger charge is 2.45. The van der Waals surface area contributed by atoms with Crippen LogP contribution < -0.4 is 5.32 Å². The van der Waals surface area contributed by atoms with Gasteiger partial charge in [0.1, 0.15) is 5.69 Å². The van der Waals surface area contributed by atoms with Crippen LogP contribution in [0, 0.1) is 5.41 Å². The summed E-state index contributed by atoms with van der Waals surface area (Å²) in [6.45, 7) is 1.08. The molecular formula is C18H25N3O4. The summed E-state index contributed by atoms with van der Waals surface area (Å²) in [5.41, 5.74) is -0.0826. The predicted octanol–water partition coefficient (Wildman–Crippen LogP) is 0.590. The lowest BCUT2D eigenvalue weighted by Gasteiger charge is -2.42. The van der Waals surface area contributed by atoms with Gasteiger partial charge in [-0.1, -0.05) is 12.5 Å². The van der Waals surface area contributed by atoms with Crippen LogP contribution in [0.4, 0.5) is 0 Å². The highest BCUT2D eigenvalue weighted by Crippen LogP contribution is 2.41. The summed E-state index contributed by atoms with van der Waals surface area (Å²) in [5.74, 6) is -0.242.